The van der Waals surface area contributed by atoms with Gasteiger partial charge in [0.05, 0.1) is 17.9 Å². The zero-order valence-electron chi connectivity index (χ0n) is 10.8. The van der Waals surface area contributed by atoms with Crippen molar-refractivity contribution >= 4 is 11.9 Å². The first-order valence-corrected chi connectivity index (χ1v) is 5.95. The van der Waals surface area contributed by atoms with Gasteiger partial charge >= 0.3 is 5.97 Å². The molecule has 0 spiro atoms. The van der Waals surface area contributed by atoms with Crippen LogP contribution in [0.3, 0.4) is 0 Å². The van der Waals surface area contributed by atoms with Gasteiger partial charge in [0.2, 0.25) is 5.91 Å². The normalized spacial score (nSPS) is 18.1. The highest BCUT2D eigenvalue weighted by atomic mass is 16.5. The Morgan fingerprint density at radius 1 is 1.41 bits per heavy atom. The molecule has 3 N–H and O–H groups in total. The minimum atomic E-state index is -0.704. The lowest BCUT2D eigenvalue weighted by Gasteiger charge is -2.39. The number of hydrogen-bond acceptors (Lipinski definition) is 4. The average molecular weight is 242 g/mol. The molecule has 0 bridgehead atoms. The molecule has 98 valence electrons. The molecule has 0 aliphatic heterocycles. The summed E-state index contributed by atoms with van der Waals surface area (Å²) in [6.45, 7) is 4.14. The van der Waals surface area contributed by atoms with Crippen LogP contribution in [-0.2, 0) is 14.3 Å². The zero-order valence-corrected chi connectivity index (χ0v) is 10.8. The van der Waals surface area contributed by atoms with Crippen LogP contribution in [0.25, 0.3) is 0 Å². The SMILES string of the molecule is COC(=O)C(C)(C)CNC(=O)C1(CN)CCC1. The quantitative estimate of drug-likeness (QED) is 0.685. The van der Waals surface area contributed by atoms with Gasteiger partial charge in [-0.2, -0.15) is 0 Å². The van der Waals surface area contributed by atoms with E-state index in [1.807, 2.05) is 0 Å². The predicted molar refractivity (Wildman–Crippen MR) is 64.1 cm³/mol. The van der Waals surface area contributed by atoms with Crippen LogP contribution in [0.5, 0.6) is 0 Å². The second-order valence-electron chi connectivity index (χ2n) is 5.40. The number of hydrogen-bond donors (Lipinski definition) is 2. The van der Waals surface area contributed by atoms with Crippen molar-refractivity contribution in [3.05, 3.63) is 0 Å². The number of methoxy groups -OCH3 is 1. The molecule has 1 saturated carbocycles. The highest BCUT2D eigenvalue weighted by Gasteiger charge is 2.43. The molecule has 0 aromatic heterocycles. The van der Waals surface area contributed by atoms with Gasteiger partial charge in [-0.15, -0.1) is 0 Å². The summed E-state index contributed by atoms with van der Waals surface area (Å²) in [7, 11) is 1.35. The van der Waals surface area contributed by atoms with Crippen molar-refractivity contribution in [2.45, 2.75) is 33.1 Å². The molecule has 1 aliphatic rings. The smallest absolute Gasteiger partial charge is 0.313 e. The van der Waals surface area contributed by atoms with Crippen LogP contribution >= 0.6 is 0 Å². The fourth-order valence-corrected chi connectivity index (χ4v) is 1.96. The molecule has 17 heavy (non-hydrogen) atoms. The Morgan fingerprint density at radius 3 is 2.35 bits per heavy atom. The van der Waals surface area contributed by atoms with Gasteiger partial charge in [0.15, 0.2) is 0 Å². The maximum Gasteiger partial charge on any atom is 0.313 e. The summed E-state index contributed by atoms with van der Waals surface area (Å²) in [6, 6.07) is 0. The van der Waals surface area contributed by atoms with E-state index in [9.17, 15) is 9.59 Å². The molecule has 0 radical (unpaired) electrons. The summed E-state index contributed by atoms with van der Waals surface area (Å²) in [4.78, 5) is 23.4. The third-order valence-electron chi connectivity index (χ3n) is 3.61. The Hall–Kier alpha value is -1.10. The molecular formula is C12H22N2O3. The number of carbonyl (C=O) groups is 2. The molecule has 1 aliphatic carbocycles. The number of nitrogens with one attached hydrogen (secondary N) is 1. The summed E-state index contributed by atoms with van der Waals surface area (Å²) in [6.07, 6.45) is 2.73. The van der Waals surface area contributed by atoms with E-state index in [4.69, 9.17) is 5.73 Å². The highest BCUT2D eigenvalue weighted by molar-refractivity contribution is 5.85. The molecule has 1 fully saturated rings. The number of esters is 1. The second-order valence-corrected chi connectivity index (χ2v) is 5.40. The van der Waals surface area contributed by atoms with Crippen LogP contribution in [0.15, 0.2) is 0 Å². The number of ether oxygens (including phenoxy) is 1. The molecule has 0 atom stereocenters. The van der Waals surface area contributed by atoms with Crippen LogP contribution in [0.4, 0.5) is 0 Å². The Morgan fingerprint density at radius 2 is 2.00 bits per heavy atom. The van der Waals surface area contributed by atoms with Crippen molar-refractivity contribution in [1.29, 1.82) is 0 Å². The van der Waals surface area contributed by atoms with Gasteiger partial charge in [-0.1, -0.05) is 6.42 Å². The fourth-order valence-electron chi connectivity index (χ4n) is 1.96. The minimum absolute atomic E-state index is 0.0387. The topological polar surface area (TPSA) is 81.4 Å². The van der Waals surface area contributed by atoms with Crippen molar-refractivity contribution in [3.63, 3.8) is 0 Å². The van der Waals surface area contributed by atoms with E-state index in [0.29, 0.717) is 6.54 Å². The molecule has 1 amide bonds. The number of amides is 1. The molecule has 0 unspecified atom stereocenters. The molecule has 0 saturated heterocycles. The molecule has 0 aromatic carbocycles. The van der Waals surface area contributed by atoms with E-state index in [0.717, 1.165) is 19.3 Å². The van der Waals surface area contributed by atoms with E-state index in [2.05, 4.69) is 10.1 Å². The Labute approximate surface area is 102 Å². The average Bonchev–Trinajstić information content (AvgIpc) is 2.24. The van der Waals surface area contributed by atoms with Crippen molar-refractivity contribution in [1.82, 2.24) is 5.32 Å². The summed E-state index contributed by atoms with van der Waals surface area (Å²) in [5, 5.41) is 2.81. The highest BCUT2D eigenvalue weighted by Crippen LogP contribution is 2.40. The monoisotopic (exact) mass is 242 g/mol. The molecule has 5 heteroatoms. The molecular weight excluding hydrogens is 220 g/mol. The van der Waals surface area contributed by atoms with Crippen LogP contribution in [0, 0.1) is 10.8 Å². The standard InChI is InChI=1S/C12H22N2O3/c1-11(2,10(16)17-3)8-14-9(15)12(7-13)5-4-6-12/h4-8,13H2,1-3H3,(H,14,15). The Bertz CT molecular complexity index is 303. The van der Waals surface area contributed by atoms with Gasteiger partial charge < -0.3 is 15.8 Å². The number of nitrogens with two attached hydrogens (primary N) is 1. The first-order chi connectivity index (χ1) is 7.88. The lowest BCUT2D eigenvalue weighted by molar-refractivity contribution is -0.151. The van der Waals surface area contributed by atoms with Gasteiger partial charge in [0, 0.05) is 13.1 Å². The molecule has 0 aromatic rings. The summed E-state index contributed by atoms with van der Waals surface area (Å²) >= 11 is 0. The number of rotatable bonds is 5. The largest absolute Gasteiger partial charge is 0.469 e. The van der Waals surface area contributed by atoms with Crippen LogP contribution < -0.4 is 11.1 Å². The van der Waals surface area contributed by atoms with Crippen molar-refractivity contribution in [2.24, 2.45) is 16.6 Å². The van der Waals surface area contributed by atoms with E-state index in [-0.39, 0.29) is 18.4 Å². The van der Waals surface area contributed by atoms with E-state index in [1.165, 1.54) is 7.11 Å². The van der Waals surface area contributed by atoms with Crippen LogP contribution in [0.2, 0.25) is 0 Å². The van der Waals surface area contributed by atoms with Crippen LogP contribution in [-0.4, -0.2) is 32.1 Å². The summed E-state index contributed by atoms with van der Waals surface area (Å²) < 4.78 is 4.68. The van der Waals surface area contributed by atoms with Gasteiger partial charge in [0.1, 0.15) is 0 Å². The zero-order chi connectivity index (χ0) is 13.1. The third-order valence-corrected chi connectivity index (χ3v) is 3.61. The van der Waals surface area contributed by atoms with Crippen molar-refractivity contribution in [3.8, 4) is 0 Å². The van der Waals surface area contributed by atoms with Crippen molar-refractivity contribution < 1.29 is 14.3 Å². The first-order valence-electron chi connectivity index (χ1n) is 5.95. The summed E-state index contributed by atoms with van der Waals surface area (Å²) in [5.41, 5.74) is 4.54. The predicted octanol–water partition coefficient (Wildman–Crippen LogP) is 0.431. The van der Waals surface area contributed by atoms with Gasteiger partial charge in [-0.3, -0.25) is 9.59 Å². The van der Waals surface area contributed by atoms with E-state index in [1.54, 1.807) is 13.8 Å². The van der Waals surface area contributed by atoms with E-state index < -0.39 is 10.8 Å². The lowest BCUT2D eigenvalue weighted by Crippen LogP contribution is -2.52. The number of carbonyl (C=O) groups excluding carboxylic acids is 2. The van der Waals surface area contributed by atoms with Gasteiger partial charge in [-0.05, 0) is 26.7 Å². The maximum absolute atomic E-state index is 12.0. The van der Waals surface area contributed by atoms with Gasteiger partial charge in [-0.25, -0.2) is 0 Å². The first kappa shape index (κ1) is 14.0. The third kappa shape index (κ3) is 2.77. The molecule has 5 nitrogen and oxygen atoms in total. The van der Waals surface area contributed by atoms with E-state index >= 15 is 0 Å². The Balaban J connectivity index is 2.50. The molecule has 1 rings (SSSR count). The van der Waals surface area contributed by atoms with Gasteiger partial charge in [0.25, 0.3) is 0 Å². The summed E-state index contributed by atoms with van der Waals surface area (Å²) in [5.74, 6) is -0.364. The second kappa shape index (κ2) is 5.04. The molecule has 0 heterocycles. The minimum Gasteiger partial charge on any atom is -0.469 e. The van der Waals surface area contributed by atoms with Crippen LogP contribution in [0.1, 0.15) is 33.1 Å². The Kier molecular flexibility index (Phi) is 4.14. The fraction of sp³-hybridized carbons (Fsp3) is 0.833. The lowest BCUT2D eigenvalue weighted by atomic mass is 9.68. The van der Waals surface area contributed by atoms with Crippen molar-refractivity contribution in [2.75, 3.05) is 20.2 Å². The maximum atomic E-state index is 12.0.